The van der Waals surface area contributed by atoms with E-state index in [9.17, 15) is 0 Å². The van der Waals surface area contributed by atoms with Crippen LogP contribution in [-0.2, 0) is 6.04 Å². The van der Waals surface area contributed by atoms with Gasteiger partial charge in [0.05, 0.1) is 8.07 Å². The van der Waals surface area contributed by atoms with Gasteiger partial charge >= 0.3 is 0 Å². The van der Waals surface area contributed by atoms with Crippen LogP contribution in [0.2, 0.25) is 18.1 Å². The first-order chi connectivity index (χ1) is 8.79. The summed E-state index contributed by atoms with van der Waals surface area (Å²) in [5.74, 6) is 1.02. The minimum Gasteiger partial charge on any atom is -0.361 e. The number of hydrogen-bond acceptors (Lipinski definition) is 2. The van der Waals surface area contributed by atoms with Crippen LogP contribution in [0.4, 0.5) is 0 Å². The second-order valence-electron chi connectivity index (χ2n) is 6.86. The lowest BCUT2D eigenvalue weighted by Crippen LogP contribution is -2.39. The van der Waals surface area contributed by atoms with Gasteiger partial charge in [-0.15, -0.1) is 0 Å². The Kier molecular flexibility index (Phi) is 3.68. The Hall–Kier alpha value is -1.35. The number of rotatable bonds is 3. The average molecular weight is 273 g/mol. The fraction of sp³-hybridized carbons (Fsp3) is 0.438. The van der Waals surface area contributed by atoms with Crippen molar-refractivity contribution in [2.75, 3.05) is 0 Å². The zero-order valence-electron chi connectivity index (χ0n) is 12.5. The molecule has 0 bridgehead atoms. The van der Waals surface area contributed by atoms with Gasteiger partial charge in [0, 0.05) is 17.7 Å². The van der Waals surface area contributed by atoms with Crippen molar-refractivity contribution < 1.29 is 4.52 Å². The molecule has 2 nitrogen and oxygen atoms in total. The maximum absolute atomic E-state index is 5.53. The third-order valence-corrected chi connectivity index (χ3v) is 9.57. The number of hydrogen-bond donors (Lipinski definition) is 0. The minimum absolute atomic E-state index is 0.368. The summed E-state index contributed by atoms with van der Waals surface area (Å²) in [6.07, 6.45) is 0. The van der Waals surface area contributed by atoms with E-state index in [4.69, 9.17) is 4.52 Å². The van der Waals surface area contributed by atoms with E-state index in [1.807, 2.05) is 18.2 Å². The van der Waals surface area contributed by atoms with E-state index in [1.165, 1.54) is 0 Å². The van der Waals surface area contributed by atoms with Crippen LogP contribution in [0.15, 0.2) is 40.9 Å². The van der Waals surface area contributed by atoms with Gasteiger partial charge in [-0.3, -0.25) is 0 Å². The summed E-state index contributed by atoms with van der Waals surface area (Å²) in [5, 5.41) is 4.57. The Bertz CT molecular complexity index is 537. The Morgan fingerprint density at radius 3 is 2.32 bits per heavy atom. The monoisotopic (exact) mass is 273 g/mol. The smallest absolute Gasteiger partial charge is 0.134 e. The lowest BCUT2D eigenvalue weighted by molar-refractivity contribution is 0.394. The van der Waals surface area contributed by atoms with Crippen molar-refractivity contribution in [1.82, 2.24) is 5.16 Å². The van der Waals surface area contributed by atoms with E-state index < -0.39 is 8.07 Å². The number of benzene rings is 1. The first kappa shape index (κ1) is 14.1. The number of nitrogens with zero attached hydrogens (tertiary/aromatic N) is 1. The SMILES string of the molecule is CC(C)(C)[Si](C)(C)Cc1cc(-c2ccccc2)no1. The summed E-state index contributed by atoms with van der Waals surface area (Å²) < 4.78 is 5.53. The van der Waals surface area contributed by atoms with E-state index in [1.54, 1.807) is 0 Å². The van der Waals surface area contributed by atoms with E-state index in [0.717, 1.165) is 23.1 Å². The van der Waals surface area contributed by atoms with Crippen LogP contribution >= 0.6 is 0 Å². The van der Waals surface area contributed by atoms with Crippen molar-refractivity contribution in [1.29, 1.82) is 0 Å². The Morgan fingerprint density at radius 2 is 1.74 bits per heavy atom. The molecule has 1 aromatic heterocycles. The second-order valence-corrected chi connectivity index (χ2v) is 12.5. The molecule has 102 valence electrons. The van der Waals surface area contributed by atoms with Crippen molar-refractivity contribution in [3.8, 4) is 11.3 Å². The van der Waals surface area contributed by atoms with Crippen LogP contribution in [0, 0.1) is 0 Å². The van der Waals surface area contributed by atoms with Gasteiger partial charge in [0.25, 0.3) is 0 Å². The Balaban J connectivity index is 2.19. The predicted molar refractivity (Wildman–Crippen MR) is 82.8 cm³/mol. The Labute approximate surface area is 116 Å². The quantitative estimate of drug-likeness (QED) is 0.741. The van der Waals surface area contributed by atoms with E-state index in [0.29, 0.717) is 5.04 Å². The fourth-order valence-corrected chi connectivity index (χ4v) is 3.41. The van der Waals surface area contributed by atoms with E-state index >= 15 is 0 Å². The molecule has 0 aliphatic heterocycles. The lowest BCUT2D eigenvalue weighted by atomic mass is 10.1. The highest BCUT2D eigenvalue weighted by Gasteiger charge is 2.36. The largest absolute Gasteiger partial charge is 0.361 e. The molecule has 0 amide bonds. The molecule has 2 aromatic rings. The first-order valence-corrected chi connectivity index (χ1v) is 10.0. The molecule has 0 N–H and O–H groups in total. The summed E-state index contributed by atoms with van der Waals surface area (Å²) in [4.78, 5) is 0. The summed E-state index contributed by atoms with van der Waals surface area (Å²) >= 11 is 0. The van der Waals surface area contributed by atoms with Gasteiger partial charge in [-0.25, -0.2) is 0 Å². The molecular formula is C16H23NOSi. The van der Waals surface area contributed by atoms with Gasteiger partial charge in [0.1, 0.15) is 11.5 Å². The molecule has 1 heterocycles. The molecule has 0 fully saturated rings. The zero-order chi connectivity index (χ0) is 14.1. The molecule has 0 unspecified atom stereocenters. The highest BCUT2D eigenvalue weighted by molar-refractivity contribution is 6.79. The highest BCUT2D eigenvalue weighted by Crippen LogP contribution is 2.38. The predicted octanol–water partition coefficient (Wildman–Crippen LogP) is 4.93. The molecule has 0 radical (unpaired) electrons. The average Bonchev–Trinajstić information content (AvgIpc) is 2.76. The van der Waals surface area contributed by atoms with Gasteiger partial charge in [0.2, 0.25) is 0 Å². The highest BCUT2D eigenvalue weighted by atomic mass is 28.3. The molecule has 0 saturated heterocycles. The molecule has 0 spiro atoms. The van der Waals surface area contributed by atoms with Crippen molar-refractivity contribution in [2.45, 2.75) is 44.9 Å². The molecule has 0 saturated carbocycles. The van der Waals surface area contributed by atoms with Crippen molar-refractivity contribution in [3.63, 3.8) is 0 Å². The van der Waals surface area contributed by atoms with Gasteiger partial charge < -0.3 is 4.52 Å². The molecular weight excluding hydrogens is 250 g/mol. The summed E-state index contributed by atoms with van der Waals surface area (Å²) in [6.45, 7) is 11.8. The molecule has 0 atom stereocenters. The topological polar surface area (TPSA) is 26.0 Å². The molecule has 1 aromatic carbocycles. The Morgan fingerprint density at radius 1 is 1.11 bits per heavy atom. The van der Waals surface area contributed by atoms with Gasteiger partial charge in [-0.05, 0) is 5.04 Å². The molecule has 2 rings (SSSR count). The maximum atomic E-state index is 5.53. The van der Waals surface area contributed by atoms with Gasteiger partial charge in [-0.2, -0.15) is 0 Å². The van der Waals surface area contributed by atoms with Crippen LogP contribution in [0.25, 0.3) is 11.3 Å². The second kappa shape index (κ2) is 4.97. The van der Waals surface area contributed by atoms with Crippen molar-refractivity contribution in [3.05, 3.63) is 42.2 Å². The van der Waals surface area contributed by atoms with Crippen LogP contribution in [-0.4, -0.2) is 13.2 Å². The minimum atomic E-state index is -1.37. The van der Waals surface area contributed by atoms with E-state index in [-0.39, 0.29) is 0 Å². The first-order valence-electron chi connectivity index (χ1n) is 6.81. The number of aromatic nitrogens is 1. The third-order valence-electron chi connectivity index (χ3n) is 4.28. The van der Waals surface area contributed by atoms with Crippen LogP contribution in [0.3, 0.4) is 0 Å². The normalized spacial score (nSPS) is 12.7. The molecule has 0 aliphatic carbocycles. The van der Waals surface area contributed by atoms with Crippen molar-refractivity contribution in [2.24, 2.45) is 0 Å². The van der Waals surface area contributed by atoms with Gasteiger partial charge in [-0.1, -0.05) is 69.4 Å². The summed E-state index contributed by atoms with van der Waals surface area (Å²) in [7, 11) is -1.37. The lowest BCUT2D eigenvalue weighted by Gasteiger charge is -2.36. The maximum Gasteiger partial charge on any atom is 0.134 e. The standard InChI is InChI=1S/C16H23NOSi/c1-16(2,3)19(4,5)12-14-11-15(17-18-14)13-9-7-6-8-10-13/h6-11H,12H2,1-5H3. The van der Waals surface area contributed by atoms with Crippen LogP contribution in [0.5, 0.6) is 0 Å². The third kappa shape index (κ3) is 3.15. The summed E-state index contributed by atoms with van der Waals surface area (Å²) in [6, 6.07) is 13.3. The van der Waals surface area contributed by atoms with Crippen LogP contribution in [0.1, 0.15) is 26.5 Å². The molecule has 19 heavy (non-hydrogen) atoms. The van der Waals surface area contributed by atoms with E-state index in [2.05, 4.69) is 57.2 Å². The molecule has 3 heteroatoms. The summed E-state index contributed by atoms with van der Waals surface area (Å²) in [5.41, 5.74) is 2.06. The van der Waals surface area contributed by atoms with Crippen LogP contribution < -0.4 is 0 Å². The van der Waals surface area contributed by atoms with Gasteiger partial charge in [0.15, 0.2) is 0 Å². The zero-order valence-corrected chi connectivity index (χ0v) is 13.5. The van der Waals surface area contributed by atoms with Crippen molar-refractivity contribution >= 4 is 8.07 Å². The molecule has 0 aliphatic rings. The fourth-order valence-electron chi connectivity index (χ4n) is 1.84.